The molecular formula is C29H32N4O7S. The zero-order valence-corrected chi connectivity index (χ0v) is 23.7. The number of morpholine rings is 1. The van der Waals surface area contributed by atoms with Crippen LogP contribution in [0.4, 0.5) is 5.69 Å². The molecule has 0 spiro atoms. The summed E-state index contributed by atoms with van der Waals surface area (Å²) >= 11 is 0. The van der Waals surface area contributed by atoms with Crippen LogP contribution < -0.4 is 19.2 Å². The van der Waals surface area contributed by atoms with Crippen LogP contribution >= 0.6 is 0 Å². The van der Waals surface area contributed by atoms with E-state index >= 15 is 0 Å². The number of benzene rings is 3. The Kier molecular flexibility index (Phi) is 9.93. The van der Waals surface area contributed by atoms with Gasteiger partial charge in [0, 0.05) is 13.1 Å². The smallest absolute Gasteiger partial charge is 0.264 e. The number of rotatable bonds is 11. The van der Waals surface area contributed by atoms with E-state index < -0.39 is 22.5 Å². The molecule has 0 bridgehead atoms. The standard InChI is InChI=1S/C29H32N4O7S/c1-22-3-7-24(8-4-22)33(41(36,37)27-13-11-25(38-2)12-14-27)20-28(34)31-30-19-23-5-9-26(10-6-23)40-21-29(35)32-15-17-39-18-16-32/h3-14,19H,15-18,20-21H2,1-2H3,(H,31,34)/b30-19-. The number of methoxy groups -OCH3 is 1. The molecule has 0 radical (unpaired) electrons. The van der Waals surface area contributed by atoms with Crippen molar-refractivity contribution in [3.63, 3.8) is 0 Å². The molecule has 1 N–H and O–H groups in total. The topological polar surface area (TPSA) is 127 Å². The Bertz CT molecular complexity index is 1450. The Labute approximate surface area is 239 Å². The van der Waals surface area contributed by atoms with Gasteiger partial charge in [0.25, 0.3) is 21.8 Å². The number of nitrogens with zero attached hydrogens (tertiary/aromatic N) is 3. The van der Waals surface area contributed by atoms with E-state index in [1.165, 1.54) is 25.5 Å². The molecule has 41 heavy (non-hydrogen) atoms. The van der Waals surface area contributed by atoms with Gasteiger partial charge in [0.1, 0.15) is 18.0 Å². The minimum atomic E-state index is -4.07. The number of aryl methyl sites for hydroxylation is 1. The SMILES string of the molecule is COc1ccc(S(=O)(=O)N(CC(=O)N/N=C\c2ccc(OCC(=O)N3CCOCC3)cc2)c2ccc(C)cc2)cc1. The fourth-order valence-corrected chi connectivity index (χ4v) is 5.37. The lowest BCUT2D eigenvalue weighted by Gasteiger charge is -2.26. The average Bonchev–Trinajstić information content (AvgIpc) is 3.00. The molecule has 3 aromatic carbocycles. The Morgan fingerprint density at radius 1 is 0.976 bits per heavy atom. The third kappa shape index (κ3) is 8.05. The van der Waals surface area contributed by atoms with E-state index in [4.69, 9.17) is 14.2 Å². The Morgan fingerprint density at radius 3 is 2.24 bits per heavy atom. The highest BCUT2D eigenvalue weighted by Crippen LogP contribution is 2.25. The van der Waals surface area contributed by atoms with Crippen molar-refractivity contribution in [3.8, 4) is 11.5 Å². The molecule has 2 amide bonds. The normalized spacial score (nSPS) is 13.6. The Morgan fingerprint density at radius 2 is 1.61 bits per heavy atom. The number of amides is 2. The summed E-state index contributed by atoms with van der Waals surface area (Å²) in [6.07, 6.45) is 1.43. The van der Waals surface area contributed by atoms with Gasteiger partial charge in [-0.3, -0.25) is 13.9 Å². The van der Waals surface area contributed by atoms with Crippen LogP contribution in [-0.2, 0) is 24.3 Å². The minimum absolute atomic E-state index is 0.0177. The molecular weight excluding hydrogens is 548 g/mol. The van der Waals surface area contributed by atoms with Crippen LogP contribution in [0, 0.1) is 6.92 Å². The number of anilines is 1. The van der Waals surface area contributed by atoms with Gasteiger partial charge in [-0.1, -0.05) is 17.7 Å². The van der Waals surface area contributed by atoms with E-state index in [1.807, 2.05) is 6.92 Å². The van der Waals surface area contributed by atoms with Crippen LogP contribution in [0.25, 0.3) is 0 Å². The summed E-state index contributed by atoms with van der Waals surface area (Å²) in [6, 6.07) is 19.6. The number of ether oxygens (including phenoxy) is 3. The average molecular weight is 581 g/mol. The maximum Gasteiger partial charge on any atom is 0.264 e. The summed E-state index contributed by atoms with van der Waals surface area (Å²) in [5.41, 5.74) is 4.34. The highest BCUT2D eigenvalue weighted by Gasteiger charge is 2.27. The first-order valence-electron chi connectivity index (χ1n) is 12.9. The number of sulfonamides is 1. The summed E-state index contributed by atoms with van der Waals surface area (Å²) < 4.78 is 44.0. The van der Waals surface area contributed by atoms with Crippen LogP contribution in [0.3, 0.4) is 0 Å². The van der Waals surface area contributed by atoms with Crippen molar-refractivity contribution in [1.82, 2.24) is 10.3 Å². The molecule has 0 aromatic heterocycles. The Balaban J connectivity index is 1.37. The number of hydrogen-bond donors (Lipinski definition) is 1. The minimum Gasteiger partial charge on any atom is -0.497 e. The molecule has 0 unspecified atom stereocenters. The molecule has 1 heterocycles. The molecule has 12 heteroatoms. The molecule has 4 rings (SSSR count). The van der Waals surface area contributed by atoms with Gasteiger partial charge in [-0.15, -0.1) is 0 Å². The summed E-state index contributed by atoms with van der Waals surface area (Å²) in [6.45, 7) is 3.49. The molecule has 11 nitrogen and oxygen atoms in total. The van der Waals surface area contributed by atoms with E-state index in [2.05, 4.69) is 10.5 Å². The van der Waals surface area contributed by atoms with Gasteiger partial charge in [0.15, 0.2) is 6.61 Å². The number of carbonyl (C=O) groups excluding carboxylic acids is 2. The van der Waals surface area contributed by atoms with E-state index in [0.717, 1.165) is 9.87 Å². The molecule has 1 aliphatic rings. The number of hydrogen-bond acceptors (Lipinski definition) is 8. The van der Waals surface area contributed by atoms with Gasteiger partial charge >= 0.3 is 0 Å². The molecule has 0 atom stereocenters. The molecule has 3 aromatic rings. The lowest BCUT2D eigenvalue weighted by molar-refractivity contribution is -0.137. The van der Waals surface area contributed by atoms with Crippen molar-refractivity contribution in [3.05, 3.63) is 83.9 Å². The van der Waals surface area contributed by atoms with Crippen molar-refractivity contribution >= 4 is 33.7 Å². The zero-order valence-electron chi connectivity index (χ0n) is 22.9. The lowest BCUT2D eigenvalue weighted by atomic mass is 10.2. The number of nitrogens with one attached hydrogen (secondary N) is 1. The van der Waals surface area contributed by atoms with Crippen LogP contribution in [0.1, 0.15) is 11.1 Å². The first kappa shape index (κ1) is 29.6. The van der Waals surface area contributed by atoms with Gasteiger partial charge in [-0.25, -0.2) is 13.8 Å². The second-order valence-corrected chi connectivity index (χ2v) is 11.0. The van der Waals surface area contributed by atoms with Crippen LogP contribution in [0.15, 0.2) is 82.8 Å². The molecule has 0 aliphatic carbocycles. The van der Waals surface area contributed by atoms with Crippen molar-refractivity contribution < 1.29 is 32.2 Å². The van der Waals surface area contributed by atoms with E-state index in [9.17, 15) is 18.0 Å². The van der Waals surface area contributed by atoms with Crippen LogP contribution in [-0.4, -0.2) is 77.9 Å². The lowest BCUT2D eigenvalue weighted by Crippen LogP contribution is -2.42. The van der Waals surface area contributed by atoms with Gasteiger partial charge in [-0.05, 0) is 73.2 Å². The van der Waals surface area contributed by atoms with E-state index in [-0.39, 0.29) is 17.4 Å². The monoisotopic (exact) mass is 580 g/mol. The van der Waals surface area contributed by atoms with Gasteiger partial charge in [0.2, 0.25) is 0 Å². The summed E-state index contributed by atoms with van der Waals surface area (Å²) in [4.78, 5) is 26.7. The van der Waals surface area contributed by atoms with Gasteiger partial charge in [-0.2, -0.15) is 5.10 Å². The second kappa shape index (κ2) is 13.8. The van der Waals surface area contributed by atoms with Gasteiger partial charge in [0.05, 0.1) is 37.1 Å². The van der Waals surface area contributed by atoms with Crippen LogP contribution in [0.2, 0.25) is 0 Å². The third-order valence-electron chi connectivity index (χ3n) is 6.27. The van der Waals surface area contributed by atoms with Crippen molar-refractivity contribution in [2.75, 3.05) is 50.9 Å². The Hall–Kier alpha value is -4.42. The summed E-state index contributed by atoms with van der Waals surface area (Å²) in [5.74, 6) is 0.306. The maximum absolute atomic E-state index is 13.5. The third-order valence-corrected chi connectivity index (χ3v) is 8.05. The van der Waals surface area contributed by atoms with Crippen molar-refractivity contribution in [2.24, 2.45) is 5.10 Å². The summed E-state index contributed by atoms with van der Waals surface area (Å²) in [5, 5.41) is 3.97. The van der Waals surface area contributed by atoms with E-state index in [0.29, 0.717) is 49.1 Å². The number of hydrazone groups is 1. The molecule has 0 saturated carbocycles. The molecule has 1 saturated heterocycles. The largest absolute Gasteiger partial charge is 0.497 e. The van der Waals surface area contributed by atoms with Crippen molar-refractivity contribution in [2.45, 2.75) is 11.8 Å². The van der Waals surface area contributed by atoms with Crippen molar-refractivity contribution in [1.29, 1.82) is 0 Å². The predicted octanol–water partition coefficient (Wildman–Crippen LogP) is 2.59. The first-order valence-corrected chi connectivity index (χ1v) is 14.3. The molecule has 1 fully saturated rings. The second-order valence-electron chi connectivity index (χ2n) is 9.17. The fraction of sp³-hybridized carbons (Fsp3) is 0.276. The zero-order chi connectivity index (χ0) is 29.2. The fourth-order valence-electron chi connectivity index (χ4n) is 3.94. The molecule has 216 valence electrons. The van der Waals surface area contributed by atoms with Crippen LogP contribution in [0.5, 0.6) is 11.5 Å². The molecule has 1 aliphatic heterocycles. The predicted molar refractivity (Wildman–Crippen MR) is 154 cm³/mol. The van der Waals surface area contributed by atoms with Gasteiger partial charge < -0.3 is 19.1 Å². The number of carbonyl (C=O) groups is 2. The quantitative estimate of drug-likeness (QED) is 0.273. The first-order chi connectivity index (χ1) is 19.8. The highest BCUT2D eigenvalue weighted by molar-refractivity contribution is 7.92. The maximum atomic E-state index is 13.5. The summed E-state index contributed by atoms with van der Waals surface area (Å²) in [7, 11) is -2.58. The highest BCUT2D eigenvalue weighted by atomic mass is 32.2. The van der Waals surface area contributed by atoms with E-state index in [1.54, 1.807) is 65.6 Å².